The van der Waals surface area contributed by atoms with E-state index in [0.29, 0.717) is 0 Å². The molecule has 0 heterocycles. The van der Waals surface area contributed by atoms with Gasteiger partial charge in [0.05, 0.1) is 5.92 Å². The zero-order chi connectivity index (χ0) is 14.4. The van der Waals surface area contributed by atoms with Gasteiger partial charge in [-0.3, -0.25) is 4.79 Å². The van der Waals surface area contributed by atoms with Crippen molar-refractivity contribution < 1.29 is 4.79 Å². The molecule has 1 aromatic carbocycles. The van der Waals surface area contributed by atoms with Gasteiger partial charge in [0.1, 0.15) is 0 Å². The Morgan fingerprint density at radius 2 is 1.79 bits per heavy atom. The van der Waals surface area contributed by atoms with E-state index in [4.69, 9.17) is 5.73 Å². The van der Waals surface area contributed by atoms with E-state index in [0.717, 1.165) is 18.5 Å². The van der Waals surface area contributed by atoms with Crippen LogP contribution in [0.3, 0.4) is 0 Å². The third kappa shape index (κ3) is 3.80. The van der Waals surface area contributed by atoms with Crippen molar-refractivity contribution in [1.29, 1.82) is 0 Å². The van der Waals surface area contributed by atoms with Crippen molar-refractivity contribution in [2.75, 3.05) is 6.54 Å². The monoisotopic (exact) mass is 262 g/mol. The molecule has 0 aliphatic carbocycles. The van der Waals surface area contributed by atoms with Crippen molar-refractivity contribution in [1.82, 2.24) is 4.90 Å². The van der Waals surface area contributed by atoms with Crippen molar-refractivity contribution in [3.63, 3.8) is 0 Å². The van der Waals surface area contributed by atoms with Crippen molar-refractivity contribution in [3.05, 3.63) is 35.9 Å². The predicted molar refractivity (Wildman–Crippen MR) is 79.7 cm³/mol. The van der Waals surface area contributed by atoms with Crippen molar-refractivity contribution in [2.45, 2.75) is 46.2 Å². The Morgan fingerprint density at radius 3 is 2.26 bits per heavy atom. The van der Waals surface area contributed by atoms with E-state index in [1.165, 1.54) is 0 Å². The lowest BCUT2D eigenvalue weighted by molar-refractivity contribution is -0.137. The Bertz CT molecular complexity index is 391. The van der Waals surface area contributed by atoms with Crippen LogP contribution in [0.4, 0.5) is 0 Å². The number of benzene rings is 1. The second kappa shape index (κ2) is 7.29. The normalized spacial score (nSPS) is 15.6. The van der Waals surface area contributed by atoms with Gasteiger partial charge >= 0.3 is 0 Å². The van der Waals surface area contributed by atoms with Gasteiger partial charge < -0.3 is 10.6 Å². The summed E-state index contributed by atoms with van der Waals surface area (Å²) in [5.41, 5.74) is 7.24. The molecule has 1 aromatic rings. The maximum atomic E-state index is 12.5. The number of carbonyl (C=O) groups excluding carboxylic acids is 1. The summed E-state index contributed by atoms with van der Waals surface area (Å²) >= 11 is 0. The number of hydrogen-bond donors (Lipinski definition) is 1. The summed E-state index contributed by atoms with van der Waals surface area (Å²) in [7, 11) is 0. The lowest BCUT2D eigenvalue weighted by atomic mass is 9.93. The van der Waals surface area contributed by atoms with Crippen LogP contribution >= 0.6 is 0 Å². The summed E-state index contributed by atoms with van der Waals surface area (Å²) < 4.78 is 0. The van der Waals surface area contributed by atoms with Gasteiger partial charge in [-0.2, -0.15) is 0 Å². The molecule has 0 saturated carbocycles. The number of rotatable bonds is 6. The van der Waals surface area contributed by atoms with Crippen LogP contribution in [0.25, 0.3) is 0 Å². The van der Waals surface area contributed by atoms with Crippen LogP contribution in [0, 0.1) is 5.92 Å². The molecule has 0 radical (unpaired) electrons. The number of hydrogen-bond acceptors (Lipinski definition) is 2. The maximum Gasteiger partial charge on any atom is 0.227 e. The standard InChI is InChI=1S/C16H26N2O/c1-5-12(3)18(6-2)16(19)13(4)15(17)14-10-8-7-9-11-14/h7-13,15H,5-6,17H2,1-4H3. The van der Waals surface area contributed by atoms with E-state index < -0.39 is 0 Å². The summed E-state index contributed by atoms with van der Waals surface area (Å²) in [6.07, 6.45) is 0.965. The highest BCUT2D eigenvalue weighted by Gasteiger charge is 2.27. The SMILES string of the molecule is CCC(C)N(CC)C(=O)C(C)C(N)c1ccccc1. The molecule has 0 aliphatic rings. The van der Waals surface area contributed by atoms with Crippen LogP contribution < -0.4 is 5.73 Å². The second-order valence-electron chi connectivity index (χ2n) is 5.11. The smallest absolute Gasteiger partial charge is 0.227 e. The van der Waals surface area contributed by atoms with Crippen LogP contribution in [0.15, 0.2) is 30.3 Å². The van der Waals surface area contributed by atoms with Gasteiger partial charge in [-0.1, -0.05) is 44.2 Å². The first-order chi connectivity index (χ1) is 9.02. The lowest BCUT2D eigenvalue weighted by Gasteiger charge is -2.32. The van der Waals surface area contributed by atoms with Gasteiger partial charge in [0, 0.05) is 18.6 Å². The highest BCUT2D eigenvalue weighted by molar-refractivity contribution is 5.79. The van der Waals surface area contributed by atoms with Gasteiger partial charge in [-0.15, -0.1) is 0 Å². The number of amides is 1. The summed E-state index contributed by atoms with van der Waals surface area (Å²) in [6.45, 7) is 8.86. The molecule has 1 amide bonds. The van der Waals surface area contributed by atoms with Gasteiger partial charge in [0.2, 0.25) is 5.91 Å². The van der Waals surface area contributed by atoms with Crippen LogP contribution in [-0.2, 0) is 4.79 Å². The molecule has 3 heteroatoms. The molecule has 3 nitrogen and oxygen atoms in total. The minimum absolute atomic E-state index is 0.146. The van der Waals surface area contributed by atoms with Crippen LogP contribution in [0.2, 0.25) is 0 Å². The number of nitrogens with zero attached hydrogens (tertiary/aromatic N) is 1. The van der Waals surface area contributed by atoms with E-state index in [9.17, 15) is 4.79 Å². The highest BCUT2D eigenvalue weighted by atomic mass is 16.2. The fourth-order valence-electron chi connectivity index (χ4n) is 2.28. The summed E-state index contributed by atoms with van der Waals surface area (Å²) in [5, 5.41) is 0. The van der Waals surface area contributed by atoms with Gasteiger partial charge in [0.25, 0.3) is 0 Å². The Labute approximate surface area is 116 Å². The van der Waals surface area contributed by atoms with E-state index >= 15 is 0 Å². The maximum absolute atomic E-state index is 12.5. The van der Waals surface area contributed by atoms with Crippen LogP contribution in [-0.4, -0.2) is 23.4 Å². The first kappa shape index (κ1) is 15.7. The molecule has 0 saturated heterocycles. The second-order valence-corrected chi connectivity index (χ2v) is 5.11. The molecule has 2 N–H and O–H groups in total. The molecule has 0 aromatic heterocycles. The van der Waals surface area contributed by atoms with E-state index in [-0.39, 0.29) is 23.9 Å². The topological polar surface area (TPSA) is 46.3 Å². The quantitative estimate of drug-likeness (QED) is 0.856. The van der Waals surface area contributed by atoms with Crippen molar-refractivity contribution in [2.24, 2.45) is 11.7 Å². The van der Waals surface area contributed by atoms with Gasteiger partial charge in [0.15, 0.2) is 0 Å². The van der Waals surface area contributed by atoms with Gasteiger partial charge in [-0.05, 0) is 25.8 Å². The number of carbonyl (C=O) groups is 1. The highest BCUT2D eigenvalue weighted by Crippen LogP contribution is 2.22. The summed E-state index contributed by atoms with van der Waals surface area (Å²) in [6, 6.07) is 9.86. The minimum atomic E-state index is -0.244. The molecule has 0 aliphatic heterocycles. The lowest BCUT2D eigenvalue weighted by Crippen LogP contribution is -2.43. The average molecular weight is 262 g/mol. The molecule has 1 rings (SSSR count). The predicted octanol–water partition coefficient (Wildman–Crippen LogP) is 2.97. The molecule has 0 bridgehead atoms. The molecule has 106 valence electrons. The fourth-order valence-corrected chi connectivity index (χ4v) is 2.28. The molecule has 19 heavy (non-hydrogen) atoms. The molecular formula is C16H26N2O. The average Bonchev–Trinajstić information content (AvgIpc) is 2.46. The Morgan fingerprint density at radius 1 is 1.21 bits per heavy atom. The van der Waals surface area contributed by atoms with Crippen LogP contribution in [0.5, 0.6) is 0 Å². The summed E-state index contributed by atoms with van der Waals surface area (Å²) in [5.74, 6) is -0.0513. The fraction of sp³-hybridized carbons (Fsp3) is 0.562. The van der Waals surface area contributed by atoms with E-state index in [1.54, 1.807) is 0 Å². The Hall–Kier alpha value is -1.35. The first-order valence-corrected chi connectivity index (χ1v) is 7.13. The molecule has 0 fully saturated rings. The van der Waals surface area contributed by atoms with E-state index in [2.05, 4.69) is 13.8 Å². The Kier molecular flexibility index (Phi) is 6.03. The first-order valence-electron chi connectivity index (χ1n) is 7.13. The third-order valence-corrected chi connectivity index (χ3v) is 3.86. The zero-order valence-electron chi connectivity index (χ0n) is 12.5. The molecule has 3 atom stereocenters. The zero-order valence-corrected chi connectivity index (χ0v) is 12.5. The largest absolute Gasteiger partial charge is 0.340 e. The van der Waals surface area contributed by atoms with Gasteiger partial charge in [-0.25, -0.2) is 0 Å². The van der Waals surface area contributed by atoms with E-state index in [1.807, 2.05) is 49.1 Å². The molecule has 0 spiro atoms. The van der Waals surface area contributed by atoms with Crippen molar-refractivity contribution in [3.8, 4) is 0 Å². The number of nitrogens with two attached hydrogens (primary N) is 1. The molecule has 3 unspecified atom stereocenters. The summed E-state index contributed by atoms with van der Waals surface area (Å²) in [4.78, 5) is 14.5. The minimum Gasteiger partial charge on any atom is -0.340 e. The van der Waals surface area contributed by atoms with Crippen LogP contribution in [0.1, 0.15) is 45.7 Å². The van der Waals surface area contributed by atoms with Crippen molar-refractivity contribution >= 4 is 5.91 Å². The molecular weight excluding hydrogens is 236 g/mol. The Balaban J connectivity index is 2.81. The third-order valence-electron chi connectivity index (χ3n) is 3.86.